The van der Waals surface area contributed by atoms with Crippen LogP contribution < -0.4 is 14.4 Å². The molecular formula is C29H43N3O5S. The fourth-order valence-electron chi connectivity index (χ4n) is 4.27. The lowest BCUT2D eigenvalue weighted by molar-refractivity contribution is -0.141. The quantitative estimate of drug-likeness (QED) is 0.355. The monoisotopic (exact) mass is 545 g/mol. The van der Waals surface area contributed by atoms with Crippen molar-refractivity contribution in [2.75, 3.05) is 30.3 Å². The molecule has 0 aromatic heterocycles. The number of benzene rings is 2. The number of amides is 2. The summed E-state index contributed by atoms with van der Waals surface area (Å²) in [5, 5.41) is 2.97. The van der Waals surface area contributed by atoms with Crippen LogP contribution in [0, 0.1) is 12.8 Å². The number of rotatable bonds is 15. The van der Waals surface area contributed by atoms with E-state index in [2.05, 4.69) is 5.32 Å². The van der Waals surface area contributed by atoms with Crippen molar-refractivity contribution in [1.82, 2.24) is 10.2 Å². The van der Waals surface area contributed by atoms with Crippen LogP contribution in [0.2, 0.25) is 0 Å². The SMILES string of the molecule is CCOc1ccccc1N(CCCC(=O)N(Cc1cccc(C)c1)C(CC)C(=O)NCC(C)C)S(C)(=O)=O. The van der Waals surface area contributed by atoms with E-state index in [0.29, 0.717) is 49.9 Å². The third-order valence-electron chi connectivity index (χ3n) is 6.09. The van der Waals surface area contributed by atoms with E-state index in [1.807, 2.05) is 58.9 Å². The second kappa shape index (κ2) is 14.8. The van der Waals surface area contributed by atoms with Gasteiger partial charge in [0, 0.05) is 26.1 Å². The van der Waals surface area contributed by atoms with Crippen molar-refractivity contribution in [3.63, 3.8) is 0 Å². The van der Waals surface area contributed by atoms with Crippen molar-refractivity contribution >= 4 is 27.5 Å². The number of carbonyl (C=O) groups excluding carboxylic acids is 2. The van der Waals surface area contributed by atoms with E-state index in [1.54, 1.807) is 29.2 Å². The molecule has 0 bridgehead atoms. The number of hydrogen-bond acceptors (Lipinski definition) is 5. The van der Waals surface area contributed by atoms with Crippen molar-refractivity contribution < 1.29 is 22.7 Å². The molecule has 0 fully saturated rings. The molecule has 8 nitrogen and oxygen atoms in total. The molecule has 0 aliphatic carbocycles. The van der Waals surface area contributed by atoms with Crippen molar-refractivity contribution in [3.05, 3.63) is 59.7 Å². The lowest BCUT2D eigenvalue weighted by atomic mass is 10.1. The summed E-state index contributed by atoms with van der Waals surface area (Å²) in [6.45, 7) is 11.1. The summed E-state index contributed by atoms with van der Waals surface area (Å²) in [6.07, 6.45) is 2.01. The number of nitrogens with zero attached hydrogens (tertiary/aromatic N) is 2. The van der Waals surface area contributed by atoms with E-state index >= 15 is 0 Å². The highest BCUT2D eigenvalue weighted by Crippen LogP contribution is 2.30. The summed E-state index contributed by atoms with van der Waals surface area (Å²) in [5.74, 6) is 0.398. The maximum Gasteiger partial charge on any atom is 0.242 e. The van der Waals surface area contributed by atoms with Gasteiger partial charge in [0.15, 0.2) is 0 Å². The van der Waals surface area contributed by atoms with E-state index in [4.69, 9.17) is 4.74 Å². The number of carbonyl (C=O) groups is 2. The van der Waals surface area contributed by atoms with Crippen LogP contribution in [0.4, 0.5) is 5.69 Å². The number of anilines is 1. The van der Waals surface area contributed by atoms with Crippen molar-refractivity contribution in [2.24, 2.45) is 5.92 Å². The van der Waals surface area contributed by atoms with Gasteiger partial charge in [-0.1, -0.05) is 62.7 Å². The van der Waals surface area contributed by atoms with Gasteiger partial charge in [0.2, 0.25) is 21.8 Å². The average Bonchev–Trinajstić information content (AvgIpc) is 2.85. The minimum absolute atomic E-state index is 0.0998. The lowest BCUT2D eigenvalue weighted by Crippen LogP contribution is -2.49. The third kappa shape index (κ3) is 9.35. The fraction of sp³-hybridized carbons (Fsp3) is 0.517. The predicted molar refractivity (Wildman–Crippen MR) is 153 cm³/mol. The molecule has 2 aromatic rings. The molecule has 0 saturated heterocycles. The van der Waals surface area contributed by atoms with Crippen LogP contribution in [-0.4, -0.2) is 57.1 Å². The Balaban J connectivity index is 2.25. The molecule has 1 N–H and O–H groups in total. The van der Waals surface area contributed by atoms with Crippen LogP contribution in [0.1, 0.15) is 58.1 Å². The summed E-state index contributed by atoms with van der Waals surface area (Å²) in [6, 6.07) is 14.2. The second-order valence-corrected chi connectivity index (χ2v) is 11.8. The average molecular weight is 546 g/mol. The van der Waals surface area contributed by atoms with Crippen LogP contribution in [0.5, 0.6) is 5.75 Å². The predicted octanol–water partition coefficient (Wildman–Crippen LogP) is 4.52. The molecule has 0 heterocycles. The largest absolute Gasteiger partial charge is 0.492 e. The van der Waals surface area contributed by atoms with Crippen LogP contribution >= 0.6 is 0 Å². The normalized spacial score (nSPS) is 12.2. The molecule has 38 heavy (non-hydrogen) atoms. The Morgan fingerprint density at radius 1 is 1.05 bits per heavy atom. The van der Waals surface area contributed by atoms with E-state index in [-0.39, 0.29) is 24.8 Å². The summed E-state index contributed by atoms with van der Waals surface area (Å²) in [7, 11) is -3.62. The smallest absolute Gasteiger partial charge is 0.242 e. The maximum atomic E-state index is 13.6. The Morgan fingerprint density at radius 2 is 1.76 bits per heavy atom. The zero-order valence-corrected chi connectivity index (χ0v) is 24.4. The molecule has 1 atom stereocenters. The second-order valence-electron chi connectivity index (χ2n) is 9.91. The summed E-state index contributed by atoms with van der Waals surface area (Å²) < 4.78 is 32.2. The number of aryl methyl sites for hydroxylation is 1. The van der Waals surface area contributed by atoms with E-state index in [0.717, 1.165) is 17.4 Å². The first-order chi connectivity index (χ1) is 18.0. The zero-order valence-electron chi connectivity index (χ0n) is 23.6. The fourth-order valence-corrected chi connectivity index (χ4v) is 5.24. The number of para-hydroxylation sites is 2. The Hall–Kier alpha value is -3.07. The molecule has 2 aromatic carbocycles. The highest BCUT2D eigenvalue weighted by Gasteiger charge is 2.29. The maximum absolute atomic E-state index is 13.6. The Labute approximate surface area is 228 Å². The van der Waals surface area contributed by atoms with Gasteiger partial charge in [0.25, 0.3) is 0 Å². The van der Waals surface area contributed by atoms with Gasteiger partial charge in [-0.15, -0.1) is 0 Å². The van der Waals surface area contributed by atoms with Crippen LogP contribution in [-0.2, 0) is 26.2 Å². The van der Waals surface area contributed by atoms with E-state index in [1.165, 1.54) is 4.31 Å². The van der Waals surface area contributed by atoms with Gasteiger partial charge in [0.1, 0.15) is 11.8 Å². The Morgan fingerprint density at radius 3 is 2.37 bits per heavy atom. The van der Waals surface area contributed by atoms with Crippen molar-refractivity contribution in [2.45, 2.75) is 66.5 Å². The van der Waals surface area contributed by atoms with Crippen molar-refractivity contribution in [3.8, 4) is 5.75 Å². The highest BCUT2D eigenvalue weighted by molar-refractivity contribution is 7.92. The molecular weight excluding hydrogens is 502 g/mol. The molecule has 210 valence electrons. The van der Waals surface area contributed by atoms with Crippen LogP contribution in [0.3, 0.4) is 0 Å². The van der Waals surface area contributed by atoms with Gasteiger partial charge in [-0.3, -0.25) is 13.9 Å². The molecule has 2 amide bonds. The number of nitrogens with one attached hydrogen (secondary N) is 1. The summed E-state index contributed by atoms with van der Waals surface area (Å²) >= 11 is 0. The molecule has 0 aliphatic rings. The van der Waals surface area contributed by atoms with Gasteiger partial charge in [-0.05, 0) is 50.3 Å². The molecule has 9 heteroatoms. The highest BCUT2D eigenvalue weighted by atomic mass is 32.2. The molecule has 0 spiro atoms. The number of ether oxygens (including phenoxy) is 1. The number of hydrogen-bond donors (Lipinski definition) is 1. The van der Waals surface area contributed by atoms with Gasteiger partial charge in [0.05, 0.1) is 18.6 Å². The van der Waals surface area contributed by atoms with Crippen LogP contribution in [0.15, 0.2) is 48.5 Å². The molecule has 1 unspecified atom stereocenters. The zero-order chi connectivity index (χ0) is 28.3. The van der Waals surface area contributed by atoms with Gasteiger partial charge >= 0.3 is 0 Å². The lowest BCUT2D eigenvalue weighted by Gasteiger charge is -2.31. The topological polar surface area (TPSA) is 96.0 Å². The van der Waals surface area contributed by atoms with Crippen LogP contribution in [0.25, 0.3) is 0 Å². The Kier molecular flexibility index (Phi) is 12.1. The van der Waals surface area contributed by atoms with E-state index < -0.39 is 16.1 Å². The summed E-state index contributed by atoms with van der Waals surface area (Å²) in [4.78, 5) is 28.3. The molecule has 0 aliphatic heterocycles. The first kappa shape index (κ1) is 31.1. The van der Waals surface area contributed by atoms with E-state index in [9.17, 15) is 18.0 Å². The minimum Gasteiger partial charge on any atom is -0.492 e. The minimum atomic E-state index is -3.62. The number of sulfonamides is 1. The van der Waals surface area contributed by atoms with Crippen molar-refractivity contribution in [1.29, 1.82) is 0 Å². The first-order valence-electron chi connectivity index (χ1n) is 13.3. The van der Waals surface area contributed by atoms with Gasteiger partial charge in [-0.2, -0.15) is 0 Å². The molecule has 2 rings (SSSR count). The van der Waals surface area contributed by atoms with Gasteiger partial charge in [-0.25, -0.2) is 8.42 Å². The standard InChI is InChI=1S/C29H43N3O5S/c1-7-25(29(34)30-20-22(3)4)31(21-24-14-11-13-23(5)19-24)28(33)17-12-18-32(38(6,35)36)26-15-9-10-16-27(26)37-8-2/h9-11,13-16,19,22,25H,7-8,12,17-18,20-21H2,1-6H3,(H,30,34). The van der Waals surface area contributed by atoms with Gasteiger partial charge < -0.3 is 15.0 Å². The Bertz CT molecular complexity index is 1170. The molecule has 0 saturated carbocycles. The first-order valence-corrected chi connectivity index (χ1v) is 15.1. The molecule has 0 radical (unpaired) electrons. The summed E-state index contributed by atoms with van der Waals surface area (Å²) in [5.41, 5.74) is 2.46. The third-order valence-corrected chi connectivity index (χ3v) is 7.27.